The number of nitrogens with zero attached hydrogens (tertiary/aromatic N) is 2. The van der Waals surface area contributed by atoms with E-state index in [4.69, 9.17) is 13.9 Å². The fourth-order valence-electron chi connectivity index (χ4n) is 3.10. The van der Waals surface area contributed by atoms with E-state index in [1.165, 1.54) is 0 Å². The van der Waals surface area contributed by atoms with Gasteiger partial charge in [0, 0.05) is 5.56 Å². The number of carbonyl (C=O) groups excluding carboxylic acids is 1. The number of ether oxygens (including phenoxy) is 2. The number of carbonyl (C=O) groups is 1. The summed E-state index contributed by atoms with van der Waals surface area (Å²) in [6, 6.07) is 19.0. The van der Waals surface area contributed by atoms with E-state index in [0.717, 1.165) is 22.1 Å². The van der Waals surface area contributed by atoms with E-state index in [1.807, 2.05) is 54.6 Å². The largest absolute Gasteiger partial charge is 0.454 e. The quantitative estimate of drug-likeness (QED) is 0.586. The third-order valence-electron chi connectivity index (χ3n) is 4.49. The van der Waals surface area contributed by atoms with Crippen molar-refractivity contribution in [2.75, 3.05) is 12.1 Å². The lowest BCUT2D eigenvalue weighted by atomic mass is 10.1. The maximum absolute atomic E-state index is 12.5. The van der Waals surface area contributed by atoms with Crippen molar-refractivity contribution in [3.05, 3.63) is 77.7 Å². The zero-order valence-electron chi connectivity index (χ0n) is 14.7. The first kappa shape index (κ1) is 16.3. The summed E-state index contributed by atoms with van der Waals surface area (Å²) >= 11 is 0. The molecule has 0 radical (unpaired) electrons. The highest BCUT2D eigenvalue weighted by molar-refractivity contribution is 6.05. The number of fused-ring (bicyclic) bond motifs is 2. The molecule has 1 aliphatic rings. The summed E-state index contributed by atoms with van der Waals surface area (Å²) in [6.45, 7) is 0.226. The predicted molar refractivity (Wildman–Crippen MR) is 102 cm³/mol. The third kappa shape index (κ3) is 3.14. The molecular formula is C21H15N3O4. The van der Waals surface area contributed by atoms with Crippen LogP contribution in [0.2, 0.25) is 0 Å². The van der Waals surface area contributed by atoms with Crippen LogP contribution < -0.4 is 14.8 Å². The minimum atomic E-state index is -0.302. The maximum atomic E-state index is 12.5. The molecule has 4 aromatic rings. The van der Waals surface area contributed by atoms with Crippen LogP contribution in [-0.2, 0) is 6.42 Å². The van der Waals surface area contributed by atoms with Gasteiger partial charge in [0.1, 0.15) is 0 Å². The molecule has 1 aromatic heterocycles. The Morgan fingerprint density at radius 3 is 2.71 bits per heavy atom. The Morgan fingerprint density at radius 1 is 0.929 bits per heavy atom. The molecule has 1 N–H and O–H groups in total. The smallest absolute Gasteiger partial charge is 0.322 e. The van der Waals surface area contributed by atoms with E-state index < -0.39 is 0 Å². The summed E-state index contributed by atoms with van der Waals surface area (Å²) in [4.78, 5) is 12.5. The molecule has 0 spiro atoms. The average molecular weight is 373 g/mol. The Labute approximate surface area is 159 Å². The second-order valence-corrected chi connectivity index (χ2v) is 6.38. The Hall–Kier alpha value is -3.87. The molecule has 0 aliphatic carbocycles. The number of aromatic nitrogens is 2. The summed E-state index contributed by atoms with van der Waals surface area (Å²) in [7, 11) is 0. The van der Waals surface area contributed by atoms with Crippen LogP contribution in [-0.4, -0.2) is 22.9 Å². The van der Waals surface area contributed by atoms with Gasteiger partial charge in [-0.15, -0.1) is 5.10 Å². The van der Waals surface area contributed by atoms with Crippen LogP contribution in [0.5, 0.6) is 11.5 Å². The van der Waals surface area contributed by atoms with Crippen molar-refractivity contribution in [2.24, 2.45) is 0 Å². The van der Waals surface area contributed by atoms with Crippen molar-refractivity contribution < 1.29 is 18.7 Å². The predicted octanol–water partition coefficient (Wildman–Crippen LogP) is 3.79. The first-order valence-electron chi connectivity index (χ1n) is 8.76. The zero-order chi connectivity index (χ0) is 18.9. The van der Waals surface area contributed by atoms with Gasteiger partial charge in [0.05, 0.1) is 6.42 Å². The summed E-state index contributed by atoms with van der Waals surface area (Å²) in [5.41, 5.74) is 1.47. The van der Waals surface area contributed by atoms with E-state index in [2.05, 4.69) is 15.5 Å². The standard InChI is InChI=1S/C21H15N3O4/c25-20(16-7-6-14-3-1-2-4-15(14)11-16)22-21-24-23-19(28-21)10-13-5-8-17-18(9-13)27-12-26-17/h1-9,11H,10,12H2,(H,22,24,25). The maximum Gasteiger partial charge on any atom is 0.322 e. The van der Waals surface area contributed by atoms with Crippen LogP contribution in [0.4, 0.5) is 6.01 Å². The molecular weight excluding hydrogens is 358 g/mol. The first-order valence-corrected chi connectivity index (χ1v) is 8.76. The van der Waals surface area contributed by atoms with Crippen molar-refractivity contribution in [2.45, 2.75) is 6.42 Å². The van der Waals surface area contributed by atoms with E-state index >= 15 is 0 Å². The molecule has 28 heavy (non-hydrogen) atoms. The number of nitrogens with one attached hydrogen (secondary N) is 1. The monoisotopic (exact) mass is 373 g/mol. The third-order valence-corrected chi connectivity index (χ3v) is 4.49. The summed E-state index contributed by atoms with van der Waals surface area (Å²) in [5.74, 6) is 1.51. The number of amides is 1. The number of benzene rings is 3. The van der Waals surface area contributed by atoms with Crippen LogP contribution in [0.3, 0.4) is 0 Å². The Bertz CT molecular complexity index is 1190. The molecule has 0 fully saturated rings. The number of anilines is 1. The lowest BCUT2D eigenvalue weighted by Gasteiger charge is -2.03. The van der Waals surface area contributed by atoms with E-state index in [1.54, 1.807) is 6.07 Å². The second-order valence-electron chi connectivity index (χ2n) is 6.38. The van der Waals surface area contributed by atoms with Gasteiger partial charge in [0.2, 0.25) is 12.7 Å². The van der Waals surface area contributed by atoms with Gasteiger partial charge in [0.25, 0.3) is 5.91 Å². The zero-order valence-corrected chi connectivity index (χ0v) is 14.7. The fourth-order valence-corrected chi connectivity index (χ4v) is 3.10. The van der Waals surface area contributed by atoms with Crippen molar-refractivity contribution in [3.63, 3.8) is 0 Å². The summed E-state index contributed by atoms with van der Waals surface area (Å²) < 4.78 is 16.2. The molecule has 3 aromatic carbocycles. The minimum Gasteiger partial charge on any atom is -0.454 e. The minimum absolute atomic E-state index is 0.0638. The molecule has 5 rings (SSSR count). The highest BCUT2D eigenvalue weighted by Gasteiger charge is 2.16. The van der Waals surface area contributed by atoms with Gasteiger partial charge in [-0.3, -0.25) is 10.1 Å². The second kappa shape index (κ2) is 6.70. The first-order chi connectivity index (χ1) is 13.7. The van der Waals surface area contributed by atoms with Gasteiger partial charge in [0.15, 0.2) is 11.5 Å². The van der Waals surface area contributed by atoms with Gasteiger partial charge in [-0.25, -0.2) is 0 Å². The molecule has 2 heterocycles. The topological polar surface area (TPSA) is 86.5 Å². The molecule has 0 saturated carbocycles. The molecule has 1 amide bonds. The van der Waals surface area contributed by atoms with E-state index in [0.29, 0.717) is 23.6 Å². The number of hydrogen-bond acceptors (Lipinski definition) is 6. The van der Waals surface area contributed by atoms with Crippen LogP contribution >= 0.6 is 0 Å². The summed E-state index contributed by atoms with van der Waals surface area (Å²) in [5, 5.41) is 12.6. The molecule has 0 atom stereocenters. The molecule has 7 heteroatoms. The molecule has 1 aliphatic heterocycles. The number of rotatable bonds is 4. The Kier molecular flexibility index (Phi) is 3.90. The lowest BCUT2D eigenvalue weighted by molar-refractivity contribution is 0.102. The normalized spacial score (nSPS) is 12.3. The number of hydrogen-bond donors (Lipinski definition) is 1. The molecule has 0 unspecified atom stereocenters. The van der Waals surface area contributed by atoms with Gasteiger partial charge < -0.3 is 13.9 Å². The van der Waals surface area contributed by atoms with Crippen molar-refractivity contribution >= 4 is 22.7 Å². The summed E-state index contributed by atoms with van der Waals surface area (Å²) in [6.07, 6.45) is 0.426. The van der Waals surface area contributed by atoms with E-state index in [9.17, 15) is 4.79 Å². The molecule has 138 valence electrons. The SMILES string of the molecule is O=C(Nc1nnc(Cc2ccc3c(c2)OCO3)o1)c1ccc2ccccc2c1. The lowest BCUT2D eigenvalue weighted by Crippen LogP contribution is -2.12. The highest BCUT2D eigenvalue weighted by Crippen LogP contribution is 2.33. The van der Waals surface area contributed by atoms with Crippen LogP contribution in [0, 0.1) is 0 Å². The van der Waals surface area contributed by atoms with Gasteiger partial charge in [-0.2, -0.15) is 0 Å². The van der Waals surface area contributed by atoms with Gasteiger partial charge >= 0.3 is 6.01 Å². The van der Waals surface area contributed by atoms with Crippen molar-refractivity contribution in [1.29, 1.82) is 0 Å². The van der Waals surface area contributed by atoms with Crippen LogP contribution in [0.1, 0.15) is 21.8 Å². The van der Waals surface area contributed by atoms with Gasteiger partial charge in [-0.1, -0.05) is 41.5 Å². The van der Waals surface area contributed by atoms with Crippen molar-refractivity contribution in [3.8, 4) is 11.5 Å². The van der Waals surface area contributed by atoms with Gasteiger partial charge in [-0.05, 0) is 40.6 Å². The molecule has 7 nitrogen and oxygen atoms in total. The van der Waals surface area contributed by atoms with Crippen LogP contribution in [0.25, 0.3) is 10.8 Å². The highest BCUT2D eigenvalue weighted by atomic mass is 16.7. The Morgan fingerprint density at radius 2 is 1.79 bits per heavy atom. The Balaban J connectivity index is 1.29. The van der Waals surface area contributed by atoms with E-state index in [-0.39, 0.29) is 18.7 Å². The molecule has 0 saturated heterocycles. The average Bonchev–Trinajstić information content (AvgIpc) is 3.36. The van der Waals surface area contributed by atoms with Crippen molar-refractivity contribution in [1.82, 2.24) is 10.2 Å². The van der Waals surface area contributed by atoms with Crippen LogP contribution in [0.15, 0.2) is 65.1 Å². The fraction of sp³-hybridized carbons (Fsp3) is 0.0952. The molecule has 0 bridgehead atoms.